The lowest BCUT2D eigenvalue weighted by Crippen LogP contribution is -2.22. The monoisotopic (exact) mass is 414 g/mol. The molecular weight excluding hydrogens is 396 g/mol. The van der Waals surface area contributed by atoms with E-state index in [1.165, 1.54) is 23.1 Å². The quantitative estimate of drug-likeness (QED) is 0.577. The predicted molar refractivity (Wildman–Crippen MR) is 111 cm³/mol. The third kappa shape index (κ3) is 4.20. The van der Waals surface area contributed by atoms with Crippen molar-refractivity contribution < 1.29 is 14.3 Å². The molecule has 1 aliphatic heterocycles. The molecule has 28 heavy (non-hydrogen) atoms. The molecule has 0 radical (unpaired) electrons. The highest BCUT2D eigenvalue weighted by Crippen LogP contribution is 2.35. The van der Waals surface area contributed by atoms with Gasteiger partial charge < -0.3 is 20.1 Å². The molecule has 1 aromatic heterocycles. The van der Waals surface area contributed by atoms with Crippen LogP contribution in [0.4, 0.5) is 16.5 Å². The molecule has 0 bridgehead atoms. The Labute approximate surface area is 170 Å². The number of amides is 1. The van der Waals surface area contributed by atoms with Gasteiger partial charge in [0.1, 0.15) is 0 Å². The number of thioether (sulfide) groups is 1. The van der Waals surface area contributed by atoms with E-state index in [9.17, 15) is 4.79 Å². The average molecular weight is 415 g/mol. The zero-order chi connectivity index (χ0) is 19.5. The number of hydrogen-bond acceptors (Lipinski definition) is 8. The third-order valence-corrected chi connectivity index (χ3v) is 6.10. The van der Waals surface area contributed by atoms with Crippen molar-refractivity contribution in [1.29, 1.82) is 0 Å². The third-order valence-electron chi connectivity index (χ3n) is 4.08. The van der Waals surface area contributed by atoms with E-state index in [2.05, 4.69) is 20.8 Å². The van der Waals surface area contributed by atoms with Gasteiger partial charge in [0, 0.05) is 17.4 Å². The summed E-state index contributed by atoms with van der Waals surface area (Å²) in [6.45, 7) is 4.07. The normalized spacial score (nSPS) is 13.2. The fourth-order valence-electron chi connectivity index (χ4n) is 2.56. The number of ether oxygens (including phenoxy) is 2. The molecule has 1 atom stereocenters. The summed E-state index contributed by atoms with van der Waals surface area (Å²) >= 11 is 2.79. The summed E-state index contributed by atoms with van der Waals surface area (Å²) in [6.07, 6.45) is 0. The molecule has 0 fully saturated rings. The highest BCUT2D eigenvalue weighted by molar-refractivity contribution is 8.02. The van der Waals surface area contributed by atoms with Crippen LogP contribution < -0.4 is 20.1 Å². The molecular formula is C19H18N4O3S2. The molecule has 1 amide bonds. The lowest BCUT2D eigenvalue weighted by molar-refractivity contribution is -0.115. The second kappa shape index (κ2) is 8.07. The molecule has 0 unspecified atom stereocenters. The minimum Gasteiger partial charge on any atom is -0.454 e. The van der Waals surface area contributed by atoms with E-state index in [1.54, 1.807) is 18.2 Å². The van der Waals surface area contributed by atoms with Gasteiger partial charge in [0.05, 0.1) is 5.25 Å². The summed E-state index contributed by atoms with van der Waals surface area (Å²) in [5, 5.41) is 14.9. The molecule has 2 aromatic carbocycles. The number of hydrogen-bond donors (Lipinski definition) is 2. The van der Waals surface area contributed by atoms with Crippen molar-refractivity contribution in [2.45, 2.75) is 23.4 Å². The van der Waals surface area contributed by atoms with Gasteiger partial charge in [-0.25, -0.2) is 0 Å². The maximum absolute atomic E-state index is 12.5. The van der Waals surface area contributed by atoms with E-state index in [4.69, 9.17) is 9.47 Å². The second-order valence-corrected chi connectivity index (χ2v) is 8.70. The van der Waals surface area contributed by atoms with E-state index in [0.29, 0.717) is 22.3 Å². The van der Waals surface area contributed by atoms with Crippen molar-refractivity contribution in [1.82, 2.24) is 10.2 Å². The minimum absolute atomic E-state index is 0.118. The SMILES string of the molecule is Cc1ccccc1Nc1nnc(S[C@H](C)C(=O)Nc2ccc3c(c2)OCO3)s1. The summed E-state index contributed by atoms with van der Waals surface area (Å²) in [7, 11) is 0. The molecule has 0 aliphatic carbocycles. The smallest absolute Gasteiger partial charge is 0.237 e. The molecule has 0 saturated heterocycles. The van der Waals surface area contributed by atoms with Gasteiger partial charge in [-0.05, 0) is 37.6 Å². The lowest BCUT2D eigenvalue weighted by Gasteiger charge is -2.10. The number of nitrogens with zero attached hydrogens (tertiary/aromatic N) is 2. The van der Waals surface area contributed by atoms with Crippen LogP contribution >= 0.6 is 23.1 Å². The van der Waals surface area contributed by atoms with E-state index < -0.39 is 0 Å². The van der Waals surface area contributed by atoms with Gasteiger partial charge >= 0.3 is 0 Å². The number of benzene rings is 2. The zero-order valence-corrected chi connectivity index (χ0v) is 16.9. The van der Waals surface area contributed by atoms with Crippen molar-refractivity contribution in [2.75, 3.05) is 17.4 Å². The Hall–Kier alpha value is -2.78. The number of rotatable bonds is 6. The molecule has 7 nitrogen and oxygen atoms in total. The number of para-hydroxylation sites is 1. The van der Waals surface area contributed by atoms with E-state index in [0.717, 1.165) is 15.6 Å². The average Bonchev–Trinajstić information content (AvgIpc) is 3.32. The number of nitrogens with one attached hydrogen (secondary N) is 2. The van der Waals surface area contributed by atoms with Crippen LogP contribution in [-0.2, 0) is 4.79 Å². The molecule has 3 aromatic rings. The minimum atomic E-state index is -0.329. The predicted octanol–water partition coefficient (Wildman–Crippen LogP) is 4.44. The Bertz CT molecular complexity index is 1010. The highest BCUT2D eigenvalue weighted by Gasteiger charge is 2.19. The number of aromatic nitrogens is 2. The first-order valence-electron chi connectivity index (χ1n) is 8.62. The second-order valence-electron chi connectivity index (χ2n) is 6.13. The van der Waals surface area contributed by atoms with Crippen molar-refractivity contribution >= 4 is 45.5 Å². The molecule has 0 saturated carbocycles. The van der Waals surface area contributed by atoms with Crippen LogP contribution in [0.2, 0.25) is 0 Å². The van der Waals surface area contributed by atoms with Crippen molar-refractivity contribution in [3.8, 4) is 11.5 Å². The zero-order valence-electron chi connectivity index (χ0n) is 15.3. The summed E-state index contributed by atoms with van der Waals surface area (Å²) in [6, 6.07) is 13.3. The van der Waals surface area contributed by atoms with Crippen molar-refractivity contribution in [2.24, 2.45) is 0 Å². The van der Waals surface area contributed by atoms with E-state index in [1.807, 2.05) is 38.1 Å². The number of fused-ring (bicyclic) bond motifs is 1. The largest absolute Gasteiger partial charge is 0.454 e. The van der Waals surface area contributed by atoms with Gasteiger partial charge in [-0.15, -0.1) is 10.2 Å². The standard InChI is InChI=1S/C19H18N4O3S2/c1-11-5-3-4-6-14(11)21-18-22-23-19(28-18)27-12(2)17(24)20-13-7-8-15-16(9-13)26-10-25-15/h3-9,12H,10H2,1-2H3,(H,20,24)(H,21,22)/t12-/m1/s1. The molecule has 1 aliphatic rings. The van der Waals surface area contributed by atoms with Gasteiger partial charge in [0.25, 0.3) is 0 Å². The van der Waals surface area contributed by atoms with Crippen molar-refractivity contribution in [3.63, 3.8) is 0 Å². The Morgan fingerprint density at radius 1 is 1.18 bits per heavy atom. The fraction of sp³-hybridized carbons (Fsp3) is 0.211. The first-order chi connectivity index (χ1) is 13.6. The fourth-order valence-corrected chi connectivity index (χ4v) is 4.47. The van der Waals surface area contributed by atoms with Crippen LogP contribution in [0.1, 0.15) is 12.5 Å². The summed E-state index contributed by atoms with van der Waals surface area (Å²) in [5.41, 5.74) is 2.79. The van der Waals surface area contributed by atoms with Gasteiger partial charge in [-0.1, -0.05) is 41.3 Å². The number of anilines is 3. The molecule has 4 rings (SSSR count). The first-order valence-corrected chi connectivity index (χ1v) is 10.3. The highest BCUT2D eigenvalue weighted by atomic mass is 32.2. The Morgan fingerprint density at radius 2 is 2.00 bits per heavy atom. The lowest BCUT2D eigenvalue weighted by atomic mass is 10.2. The maximum Gasteiger partial charge on any atom is 0.237 e. The number of carbonyl (C=O) groups is 1. The summed E-state index contributed by atoms with van der Waals surface area (Å²) in [5.74, 6) is 1.20. The number of carbonyl (C=O) groups excluding carboxylic acids is 1. The van der Waals surface area contributed by atoms with Gasteiger partial charge in [0.2, 0.25) is 17.8 Å². The molecule has 9 heteroatoms. The Morgan fingerprint density at radius 3 is 2.86 bits per heavy atom. The molecule has 2 N–H and O–H groups in total. The summed E-state index contributed by atoms with van der Waals surface area (Å²) < 4.78 is 11.3. The number of aryl methyl sites for hydroxylation is 1. The van der Waals surface area contributed by atoms with E-state index >= 15 is 0 Å². The topological polar surface area (TPSA) is 85.4 Å². The molecule has 0 spiro atoms. The van der Waals surface area contributed by atoms with E-state index in [-0.39, 0.29) is 18.0 Å². The Kier molecular flexibility index (Phi) is 5.36. The van der Waals surface area contributed by atoms with Crippen LogP contribution in [0, 0.1) is 6.92 Å². The van der Waals surface area contributed by atoms with Crippen LogP contribution in [0.3, 0.4) is 0 Å². The van der Waals surface area contributed by atoms with Crippen molar-refractivity contribution in [3.05, 3.63) is 48.0 Å². The van der Waals surface area contributed by atoms with Crippen LogP contribution in [0.5, 0.6) is 11.5 Å². The van der Waals surface area contributed by atoms with Gasteiger partial charge in [-0.3, -0.25) is 4.79 Å². The molecule has 144 valence electrons. The first kappa shape index (κ1) is 18.6. The maximum atomic E-state index is 12.5. The Balaban J connectivity index is 1.35. The van der Waals surface area contributed by atoms with Gasteiger partial charge in [-0.2, -0.15) is 0 Å². The van der Waals surface area contributed by atoms with Crippen LogP contribution in [0.15, 0.2) is 46.8 Å². The van der Waals surface area contributed by atoms with Crippen LogP contribution in [0.25, 0.3) is 0 Å². The molecule has 2 heterocycles. The summed E-state index contributed by atoms with van der Waals surface area (Å²) in [4.78, 5) is 12.5. The van der Waals surface area contributed by atoms with Crippen LogP contribution in [-0.4, -0.2) is 28.1 Å². The van der Waals surface area contributed by atoms with Gasteiger partial charge in [0.15, 0.2) is 15.8 Å².